The molecule has 0 atom stereocenters. The molecule has 2 rings (SSSR count). The molecule has 0 aliphatic rings. The van der Waals surface area contributed by atoms with Crippen molar-refractivity contribution in [2.24, 2.45) is 0 Å². The van der Waals surface area contributed by atoms with Crippen LogP contribution in [0.3, 0.4) is 0 Å². The third-order valence-corrected chi connectivity index (χ3v) is 3.19. The number of aromatic carboxylic acids is 1. The van der Waals surface area contributed by atoms with Crippen LogP contribution in [-0.2, 0) is 9.53 Å². The average Bonchev–Trinajstić information content (AvgIpc) is 2.42. The number of fused-ring (bicyclic) bond motifs is 1. The van der Waals surface area contributed by atoms with E-state index in [1.807, 2.05) is 0 Å². The number of hydrogen-bond acceptors (Lipinski definition) is 6. The summed E-state index contributed by atoms with van der Waals surface area (Å²) in [5, 5.41) is 9.00. The van der Waals surface area contributed by atoms with Gasteiger partial charge in [0.2, 0.25) is 6.79 Å². The number of esters is 1. The zero-order valence-electron chi connectivity index (χ0n) is 11.0. The lowest BCUT2D eigenvalue weighted by molar-refractivity contribution is -0.147. The van der Waals surface area contributed by atoms with E-state index in [4.69, 9.17) is 37.5 Å². The van der Waals surface area contributed by atoms with Crippen LogP contribution < -0.4 is 10.4 Å². The van der Waals surface area contributed by atoms with Gasteiger partial charge in [0.05, 0.1) is 5.02 Å². The molecule has 0 fully saturated rings. The van der Waals surface area contributed by atoms with Crippen LogP contribution in [0.5, 0.6) is 5.75 Å². The van der Waals surface area contributed by atoms with Crippen molar-refractivity contribution >= 4 is 46.1 Å². The lowest BCUT2D eigenvalue weighted by Crippen LogP contribution is -2.13. The standard InChI is InChI=1S/C13H8Cl2O7/c1-5(16)20-4-21-11-8(14)3-6-2-7(12(17)18)13(19)22-10(6)9(11)15/h2-3H,4H2,1H3,(H,17,18). The Bertz CT molecular complexity index is 825. The number of ether oxygens (including phenoxy) is 2. The van der Waals surface area contributed by atoms with Crippen LogP contribution in [0, 0.1) is 0 Å². The third kappa shape index (κ3) is 3.15. The Morgan fingerprint density at radius 2 is 2.00 bits per heavy atom. The van der Waals surface area contributed by atoms with Gasteiger partial charge in [-0.05, 0) is 12.1 Å². The summed E-state index contributed by atoms with van der Waals surface area (Å²) in [6, 6.07) is 2.42. The van der Waals surface area contributed by atoms with Crippen LogP contribution in [0.2, 0.25) is 10.0 Å². The molecule has 2 aromatic rings. The molecule has 0 aliphatic heterocycles. The third-order valence-electron chi connectivity index (χ3n) is 2.57. The number of carbonyl (C=O) groups is 2. The van der Waals surface area contributed by atoms with E-state index in [9.17, 15) is 14.4 Å². The van der Waals surface area contributed by atoms with Gasteiger partial charge in [0.25, 0.3) is 0 Å². The second kappa shape index (κ2) is 6.25. The maximum atomic E-state index is 11.6. The summed E-state index contributed by atoms with van der Waals surface area (Å²) >= 11 is 12.0. The molecular weight excluding hydrogens is 339 g/mol. The first kappa shape index (κ1) is 16.1. The van der Waals surface area contributed by atoms with E-state index in [0.29, 0.717) is 0 Å². The molecule has 0 saturated carbocycles. The van der Waals surface area contributed by atoms with E-state index < -0.39 is 29.9 Å². The van der Waals surface area contributed by atoms with Crippen LogP contribution >= 0.6 is 23.2 Å². The number of rotatable bonds is 4. The molecule has 0 radical (unpaired) electrons. The van der Waals surface area contributed by atoms with Gasteiger partial charge in [-0.3, -0.25) is 4.79 Å². The smallest absolute Gasteiger partial charge is 0.351 e. The molecule has 0 aliphatic carbocycles. The molecule has 7 nitrogen and oxygen atoms in total. The molecule has 22 heavy (non-hydrogen) atoms. The van der Waals surface area contributed by atoms with Gasteiger partial charge in [-0.1, -0.05) is 23.2 Å². The molecule has 0 unspecified atom stereocenters. The minimum atomic E-state index is -1.43. The van der Waals surface area contributed by atoms with Crippen molar-refractivity contribution in [3.63, 3.8) is 0 Å². The van der Waals surface area contributed by atoms with E-state index in [2.05, 4.69) is 4.74 Å². The fourth-order valence-corrected chi connectivity index (χ4v) is 2.25. The van der Waals surface area contributed by atoms with Crippen molar-refractivity contribution in [2.45, 2.75) is 6.92 Å². The van der Waals surface area contributed by atoms with E-state index in [1.165, 1.54) is 13.0 Å². The summed E-state index contributed by atoms with van der Waals surface area (Å²) in [6.45, 7) is 0.761. The second-order valence-corrected chi connectivity index (χ2v) is 4.86. The summed E-state index contributed by atoms with van der Waals surface area (Å²) in [6.07, 6.45) is 0. The fourth-order valence-electron chi connectivity index (χ4n) is 1.63. The largest absolute Gasteiger partial charge is 0.477 e. The van der Waals surface area contributed by atoms with Crippen molar-refractivity contribution in [2.75, 3.05) is 6.79 Å². The quantitative estimate of drug-likeness (QED) is 0.515. The molecule has 1 aromatic carbocycles. The normalized spacial score (nSPS) is 10.5. The van der Waals surface area contributed by atoms with E-state index >= 15 is 0 Å². The summed E-state index contributed by atoms with van der Waals surface area (Å²) in [5.74, 6) is -2.05. The molecule has 0 amide bonds. The van der Waals surface area contributed by atoms with Gasteiger partial charge < -0.3 is 19.0 Å². The Kier molecular flexibility index (Phi) is 4.58. The molecule has 0 bridgehead atoms. The predicted molar refractivity (Wildman–Crippen MR) is 76.7 cm³/mol. The van der Waals surface area contributed by atoms with Crippen LogP contribution in [0.15, 0.2) is 21.3 Å². The highest BCUT2D eigenvalue weighted by atomic mass is 35.5. The summed E-state index contributed by atoms with van der Waals surface area (Å²) < 4.78 is 14.6. The van der Waals surface area contributed by atoms with Crippen LogP contribution in [0.1, 0.15) is 17.3 Å². The number of carbonyl (C=O) groups excluding carboxylic acids is 1. The number of benzene rings is 1. The van der Waals surface area contributed by atoms with Gasteiger partial charge in [0.15, 0.2) is 11.3 Å². The van der Waals surface area contributed by atoms with Gasteiger partial charge in [-0.25, -0.2) is 9.59 Å². The highest BCUT2D eigenvalue weighted by molar-refractivity contribution is 6.40. The van der Waals surface area contributed by atoms with Crippen molar-refractivity contribution in [3.8, 4) is 5.75 Å². The molecule has 116 valence electrons. The van der Waals surface area contributed by atoms with Crippen molar-refractivity contribution < 1.29 is 28.6 Å². The Hall–Kier alpha value is -2.25. The Labute approximate surface area is 132 Å². The SMILES string of the molecule is CC(=O)OCOc1c(Cl)cc2cc(C(=O)O)c(=O)oc2c1Cl. The first-order chi connectivity index (χ1) is 10.3. The number of carboxylic acid groups (broad SMARTS) is 1. The van der Waals surface area contributed by atoms with Gasteiger partial charge in [-0.15, -0.1) is 0 Å². The minimum Gasteiger partial charge on any atom is -0.477 e. The van der Waals surface area contributed by atoms with Gasteiger partial charge in [-0.2, -0.15) is 0 Å². The Morgan fingerprint density at radius 3 is 2.59 bits per heavy atom. The van der Waals surface area contributed by atoms with E-state index in [0.717, 1.165) is 6.07 Å². The monoisotopic (exact) mass is 346 g/mol. The highest BCUT2D eigenvalue weighted by Gasteiger charge is 2.19. The van der Waals surface area contributed by atoms with E-state index in [1.54, 1.807) is 0 Å². The number of halogens is 2. The lowest BCUT2D eigenvalue weighted by Gasteiger charge is -2.11. The summed E-state index contributed by atoms with van der Waals surface area (Å²) in [5.41, 5.74) is -1.69. The minimum absolute atomic E-state index is 0.0369. The molecule has 1 N–H and O–H groups in total. The van der Waals surface area contributed by atoms with Crippen molar-refractivity contribution in [3.05, 3.63) is 38.2 Å². The van der Waals surface area contributed by atoms with Gasteiger partial charge >= 0.3 is 17.6 Å². The maximum Gasteiger partial charge on any atom is 0.351 e. The molecule has 1 heterocycles. The maximum absolute atomic E-state index is 11.6. The molecular formula is C13H8Cl2O7. The number of hydrogen-bond donors (Lipinski definition) is 1. The zero-order valence-corrected chi connectivity index (χ0v) is 12.5. The Balaban J connectivity index is 2.53. The Morgan fingerprint density at radius 1 is 1.32 bits per heavy atom. The lowest BCUT2D eigenvalue weighted by atomic mass is 10.2. The first-order valence-corrected chi connectivity index (χ1v) is 6.52. The second-order valence-electron chi connectivity index (χ2n) is 4.07. The van der Waals surface area contributed by atoms with Gasteiger partial charge in [0.1, 0.15) is 10.6 Å². The fraction of sp³-hybridized carbons (Fsp3) is 0.154. The highest BCUT2D eigenvalue weighted by Crippen LogP contribution is 2.39. The van der Waals surface area contributed by atoms with Crippen LogP contribution in [0.4, 0.5) is 0 Å². The van der Waals surface area contributed by atoms with Crippen molar-refractivity contribution in [1.29, 1.82) is 0 Å². The molecule has 0 saturated heterocycles. The first-order valence-electron chi connectivity index (χ1n) is 5.76. The molecule has 1 aromatic heterocycles. The summed E-state index contributed by atoms with van der Waals surface area (Å²) in [7, 11) is 0. The van der Waals surface area contributed by atoms with Crippen LogP contribution in [-0.4, -0.2) is 23.8 Å². The molecule has 0 spiro atoms. The molecule has 9 heteroatoms. The van der Waals surface area contributed by atoms with Crippen LogP contribution in [0.25, 0.3) is 11.0 Å². The van der Waals surface area contributed by atoms with Crippen molar-refractivity contribution in [1.82, 2.24) is 0 Å². The van der Waals surface area contributed by atoms with Gasteiger partial charge in [0, 0.05) is 12.3 Å². The predicted octanol–water partition coefficient (Wildman–Crippen LogP) is 2.70. The number of carboxylic acids is 1. The zero-order chi connectivity index (χ0) is 16.4. The van der Waals surface area contributed by atoms with E-state index in [-0.39, 0.29) is 26.8 Å². The topological polar surface area (TPSA) is 103 Å². The summed E-state index contributed by atoms with van der Waals surface area (Å²) in [4.78, 5) is 33.2. The average molecular weight is 347 g/mol.